The Morgan fingerprint density at radius 1 is 1.20 bits per heavy atom. The van der Waals surface area contributed by atoms with Crippen LogP contribution in [-0.2, 0) is 21.0 Å². The summed E-state index contributed by atoms with van der Waals surface area (Å²) in [5, 5.41) is 9.87. The van der Waals surface area contributed by atoms with Crippen molar-refractivity contribution in [3.63, 3.8) is 0 Å². The molecule has 130 valence electrons. The standard InChI is InChI=1S/C21H23NO2S/c1-15-9-11-18(12-10-15)25(24)20-8-6-5-7-19(20)21(4,14-22)16(2)13-17(3)23/h5-12,16H,13H2,1-4H3/t16-,21+,25-/m0/s1. The van der Waals surface area contributed by atoms with E-state index in [4.69, 9.17) is 0 Å². The van der Waals surface area contributed by atoms with Gasteiger partial charge in [0.1, 0.15) is 5.78 Å². The van der Waals surface area contributed by atoms with E-state index in [2.05, 4.69) is 6.07 Å². The molecule has 25 heavy (non-hydrogen) atoms. The molecule has 0 unspecified atom stereocenters. The fourth-order valence-corrected chi connectivity index (χ4v) is 4.24. The molecule has 2 rings (SSSR count). The van der Waals surface area contributed by atoms with Gasteiger partial charge in [-0.05, 0) is 50.5 Å². The molecule has 4 heteroatoms. The van der Waals surface area contributed by atoms with E-state index in [1.54, 1.807) is 6.07 Å². The molecule has 3 atom stereocenters. The lowest BCUT2D eigenvalue weighted by atomic mass is 9.72. The highest BCUT2D eigenvalue weighted by Gasteiger charge is 2.36. The van der Waals surface area contributed by atoms with Gasteiger partial charge in [0.15, 0.2) is 0 Å². The van der Waals surface area contributed by atoms with Crippen molar-refractivity contribution in [2.75, 3.05) is 0 Å². The molecule has 0 spiro atoms. The van der Waals surface area contributed by atoms with Gasteiger partial charge in [-0.25, -0.2) is 4.21 Å². The number of hydrogen-bond donors (Lipinski definition) is 0. The van der Waals surface area contributed by atoms with Gasteiger partial charge in [-0.1, -0.05) is 42.8 Å². The third kappa shape index (κ3) is 4.05. The van der Waals surface area contributed by atoms with Crippen LogP contribution in [0.4, 0.5) is 0 Å². The summed E-state index contributed by atoms with van der Waals surface area (Å²) in [5.74, 6) is -0.128. The number of rotatable bonds is 6. The zero-order chi connectivity index (χ0) is 18.6. The number of benzene rings is 2. The van der Waals surface area contributed by atoms with Gasteiger partial charge in [0, 0.05) is 16.2 Å². The first-order chi connectivity index (χ1) is 11.8. The SMILES string of the molecule is CC(=O)C[C@H](C)[C@@](C)(C#N)c1ccccc1[S@@](=O)c1ccc(C)cc1. The minimum Gasteiger partial charge on any atom is -0.300 e. The van der Waals surface area contributed by atoms with Crippen LogP contribution < -0.4 is 0 Å². The van der Waals surface area contributed by atoms with Crippen molar-refractivity contribution in [3.8, 4) is 6.07 Å². The van der Waals surface area contributed by atoms with Crippen molar-refractivity contribution in [2.24, 2.45) is 5.92 Å². The van der Waals surface area contributed by atoms with Crippen molar-refractivity contribution in [1.29, 1.82) is 5.26 Å². The zero-order valence-corrected chi connectivity index (χ0v) is 15.9. The number of aryl methyl sites for hydroxylation is 1. The van der Waals surface area contributed by atoms with E-state index in [0.29, 0.717) is 16.2 Å². The molecule has 0 saturated carbocycles. The summed E-state index contributed by atoms with van der Waals surface area (Å²) in [6.07, 6.45) is 0.315. The molecule has 0 aliphatic carbocycles. The summed E-state index contributed by atoms with van der Waals surface area (Å²) in [7, 11) is -1.38. The van der Waals surface area contributed by atoms with Crippen LogP contribution in [-0.4, -0.2) is 9.99 Å². The van der Waals surface area contributed by atoms with Crippen molar-refractivity contribution in [2.45, 2.75) is 49.3 Å². The van der Waals surface area contributed by atoms with Gasteiger partial charge in [0.2, 0.25) is 0 Å². The van der Waals surface area contributed by atoms with Crippen LogP contribution in [0.3, 0.4) is 0 Å². The van der Waals surface area contributed by atoms with Gasteiger partial charge < -0.3 is 4.79 Å². The van der Waals surface area contributed by atoms with Crippen LogP contribution in [0.5, 0.6) is 0 Å². The largest absolute Gasteiger partial charge is 0.300 e. The van der Waals surface area contributed by atoms with E-state index in [9.17, 15) is 14.3 Å². The number of ketones is 1. The molecular weight excluding hydrogens is 330 g/mol. The van der Waals surface area contributed by atoms with E-state index >= 15 is 0 Å². The molecular formula is C21H23NO2S. The molecule has 0 fully saturated rings. The van der Waals surface area contributed by atoms with Crippen molar-refractivity contribution >= 4 is 16.6 Å². The Labute approximate surface area is 152 Å². The van der Waals surface area contributed by atoms with Crippen LogP contribution in [0.25, 0.3) is 0 Å². The minimum absolute atomic E-state index is 0.0473. The number of carbonyl (C=O) groups excluding carboxylic acids is 1. The monoisotopic (exact) mass is 353 g/mol. The summed E-state index contributed by atoms with van der Waals surface area (Å²) in [6.45, 7) is 7.24. The molecule has 0 bridgehead atoms. The molecule has 0 radical (unpaired) electrons. The summed E-state index contributed by atoms with van der Waals surface area (Å²) in [5.41, 5.74) is 0.943. The number of carbonyl (C=O) groups is 1. The number of Topliss-reactive ketones (excluding diaryl/α,β-unsaturated/α-hetero) is 1. The highest BCUT2D eigenvalue weighted by molar-refractivity contribution is 7.85. The maximum Gasteiger partial charge on any atom is 0.130 e. The molecule has 0 heterocycles. The molecule has 0 saturated heterocycles. The third-order valence-corrected chi connectivity index (χ3v) is 6.15. The topological polar surface area (TPSA) is 57.9 Å². The van der Waals surface area contributed by atoms with Crippen molar-refractivity contribution < 1.29 is 9.00 Å². The fourth-order valence-electron chi connectivity index (χ4n) is 2.92. The van der Waals surface area contributed by atoms with Crippen LogP contribution in [0.2, 0.25) is 0 Å². The van der Waals surface area contributed by atoms with E-state index in [-0.39, 0.29) is 11.7 Å². The molecule has 0 aromatic heterocycles. The van der Waals surface area contributed by atoms with Gasteiger partial charge in [0.25, 0.3) is 0 Å². The van der Waals surface area contributed by atoms with Crippen molar-refractivity contribution in [3.05, 3.63) is 59.7 Å². The van der Waals surface area contributed by atoms with Gasteiger partial charge >= 0.3 is 0 Å². The summed E-state index contributed by atoms with van der Waals surface area (Å²) in [6, 6.07) is 17.3. The summed E-state index contributed by atoms with van der Waals surface area (Å²) < 4.78 is 13.1. The second-order valence-corrected chi connectivity index (χ2v) is 8.15. The quantitative estimate of drug-likeness (QED) is 0.765. The van der Waals surface area contributed by atoms with Gasteiger partial charge in [0.05, 0.1) is 22.3 Å². The molecule has 0 aliphatic heterocycles. The van der Waals surface area contributed by atoms with Crippen LogP contribution >= 0.6 is 0 Å². The highest BCUT2D eigenvalue weighted by Crippen LogP contribution is 2.37. The maximum absolute atomic E-state index is 13.1. The van der Waals surface area contributed by atoms with Crippen LogP contribution in [0.1, 0.15) is 38.3 Å². The average Bonchev–Trinajstić information content (AvgIpc) is 2.60. The maximum atomic E-state index is 13.1. The van der Waals surface area contributed by atoms with E-state index in [1.165, 1.54) is 6.92 Å². The Morgan fingerprint density at radius 2 is 1.80 bits per heavy atom. The van der Waals surface area contributed by atoms with Crippen LogP contribution in [0.15, 0.2) is 58.3 Å². The van der Waals surface area contributed by atoms with Crippen molar-refractivity contribution in [1.82, 2.24) is 0 Å². The lowest BCUT2D eigenvalue weighted by Crippen LogP contribution is -2.31. The normalized spacial score (nSPS) is 15.6. The van der Waals surface area contributed by atoms with Gasteiger partial charge in [-0.2, -0.15) is 5.26 Å². The molecule has 0 N–H and O–H groups in total. The minimum atomic E-state index is -1.38. The zero-order valence-electron chi connectivity index (χ0n) is 15.1. The molecule has 0 amide bonds. The van der Waals surface area contributed by atoms with Gasteiger partial charge in [-0.15, -0.1) is 0 Å². The molecule has 2 aromatic rings. The third-order valence-electron chi connectivity index (χ3n) is 4.69. The van der Waals surface area contributed by atoms with Gasteiger partial charge in [-0.3, -0.25) is 0 Å². The Kier molecular flexibility index (Phi) is 5.92. The predicted molar refractivity (Wildman–Crippen MR) is 99.7 cm³/mol. The first kappa shape index (κ1) is 19.1. The first-order valence-corrected chi connectivity index (χ1v) is 9.43. The lowest BCUT2D eigenvalue weighted by molar-refractivity contribution is -0.118. The lowest BCUT2D eigenvalue weighted by Gasteiger charge is -2.30. The summed E-state index contributed by atoms with van der Waals surface area (Å²) in [4.78, 5) is 12.9. The Balaban J connectivity index is 2.53. The summed E-state index contributed by atoms with van der Waals surface area (Å²) >= 11 is 0. The number of nitriles is 1. The first-order valence-electron chi connectivity index (χ1n) is 8.28. The van der Waals surface area contributed by atoms with E-state index in [1.807, 2.05) is 63.2 Å². The Morgan fingerprint density at radius 3 is 2.36 bits per heavy atom. The second-order valence-electron chi connectivity index (χ2n) is 6.70. The highest BCUT2D eigenvalue weighted by atomic mass is 32.2. The fraction of sp³-hybridized carbons (Fsp3) is 0.333. The van der Waals surface area contributed by atoms with E-state index < -0.39 is 16.2 Å². The molecule has 3 nitrogen and oxygen atoms in total. The number of nitrogens with zero attached hydrogens (tertiary/aromatic N) is 1. The molecule has 0 aliphatic rings. The smallest absolute Gasteiger partial charge is 0.130 e. The predicted octanol–water partition coefficient (Wildman–Crippen LogP) is 4.56. The molecule has 2 aromatic carbocycles. The Hall–Kier alpha value is -2.25. The second kappa shape index (κ2) is 7.76. The number of hydrogen-bond acceptors (Lipinski definition) is 3. The Bertz CT molecular complexity index is 836. The van der Waals surface area contributed by atoms with Crippen LogP contribution in [0, 0.1) is 24.2 Å². The average molecular weight is 353 g/mol. The van der Waals surface area contributed by atoms with E-state index in [0.717, 1.165) is 11.1 Å².